The van der Waals surface area contributed by atoms with Gasteiger partial charge in [-0.25, -0.2) is 0 Å². The van der Waals surface area contributed by atoms with Crippen LogP contribution in [0.3, 0.4) is 0 Å². The number of nitrogens with zero attached hydrogens (tertiary/aromatic N) is 2. The Bertz CT molecular complexity index is 584. The molecule has 1 aliphatic heterocycles. The molecular formula is C16H19BrN2O2. The highest BCUT2D eigenvalue weighted by molar-refractivity contribution is 9.10. The molecule has 2 aliphatic rings. The van der Waals surface area contributed by atoms with Gasteiger partial charge in [-0.15, -0.1) is 0 Å². The number of carbonyl (C=O) groups is 1. The Kier molecular flexibility index (Phi) is 3.78. The number of fused-ring (bicyclic) bond motifs is 2. The molecule has 1 aromatic rings. The molecule has 1 N–H and O–H groups in total. The van der Waals surface area contributed by atoms with Crippen LogP contribution in [0.4, 0.5) is 5.69 Å². The van der Waals surface area contributed by atoms with Crippen molar-refractivity contribution in [2.24, 2.45) is 16.5 Å². The molecule has 2 atom stereocenters. The molecule has 0 unspecified atom stereocenters. The number of oxime groups is 1. The fourth-order valence-electron chi connectivity index (χ4n) is 3.70. The quantitative estimate of drug-likeness (QED) is 0.504. The van der Waals surface area contributed by atoms with Gasteiger partial charge in [0.15, 0.2) is 5.78 Å². The maximum Gasteiger partial charge on any atom is 0.151 e. The van der Waals surface area contributed by atoms with Gasteiger partial charge in [0, 0.05) is 29.2 Å². The first kappa shape index (κ1) is 14.6. The lowest BCUT2D eigenvalue weighted by Gasteiger charge is -2.48. The lowest BCUT2D eigenvalue weighted by atomic mass is 9.63. The summed E-state index contributed by atoms with van der Waals surface area (Å²) in [5.74, 6) is 0.310. The second kappa shape index (κ2) is 5.44. The van der Waals surface area contributed by atoms with Crippen molar-refractivity contribution >= 4 is 33.1 Å². The predicted molar refractivity (Wildman–Crippen MR) is 86.0 cm³/mol. The first-order chi connectivity index (χ1) is 10.1. The average Bonchev–Trinajstić information content (AvgIpc) is 2.47. The molecule has 3 rings (SSSR count). The van der Waals surface area contributed by atoms with E-state index < -0.39 is 5.41 Å². The number of hydrogen-bond donors (Lipinski definition) is 1. The topological polar surface area (TPSA) is 52.9 Å². The van der Waals surface area contributed by atoms with Crippen molar-refractivity contribution in [3.63, 3.8) is 0 Å². The predicted octanol–water partition coefficient (Wildman–Crippen LogP) is 3.47. The zero-order valence-electron chi connectivity index (χ0n) is 12.1. The van der Waals surface area contributed by atoms with Crippen LogP contribution in [-0.2, 0) is 4.79 Å². The molecule has 5 heteroatoms. The monoisotopic (exact) mass is 350 g/mol. The van der Waals surface area contributed by atoms with E-state index in [4.69, 9.17) is 0 Å². The van der Waals surface area contributed by atoms with Gasteiger partial charge in [-0.3, -0.25) is 4.79 Å². The number of benzene rings is 1. The van der Waals surface area contributed by atoms with Crippen LogP contribution >= 0.6 is 15.9 Å². The summed E-state index contributed by atoms with van der Waals surface area (Å²) >= 11 is 3.45. The van der Waals surface area contributed by atoms with E-state index >= 15 is 0 Å². The lowest BCUT2D eigenvalue weighted by molar-refractivity contribution is -0.133. The highest BCUT2D eigenvalue weighted by Crippen LogP contribution is 2.43. The maximum absolute atomic E-state index is 12.7. The van der Waals surface area contributed by atoms with Gasteiger partial charge < -0.3 is 10.1 Å². The van der Waals surface area contributed by atoms with Crippen LogP contribution in [-0.4, -0.2) is 29.8 Å². The normalized spacial score (nSPS) is 29.6. The Morgan fingerprint density at radius 3 is 2.81 bits per heavy atom. The second-order valence-electron chi connectivity index (χ2n) is 6.08. The summed E-state index contributed by atoms with van der Waals surface area (Å²) in [5, 5.41) is 12.6. The summed E-state index contributed by atoms with van der Waals surface area (Å²) in [6, 6.07) is 8.16. The van der Waals surface area contributed by atoms with Gasteiger partial charge in [-0.1, -0.05) is 27.5 Å². The van der Waals surface area contributed by atoms with Crippen LogP contribution in [0.5, 0.6) is 0 Å². The van der Waals surface area contributed by atoms with Crippen LogP contribution in [0.1, 0.15) is 26.2 Å². The van der Waals surface area contributed by atoms with Crippen molar-refractivity contribution < 1.29 is 10.0 Å². The molecule has 0 radical (unpaired) electrons. The molecule has 0 amide bonds. The van der Waals surface area contributed by atoms with Gasteiger partial charge in [0.2, 0.25) is 0 Å². The van der Waals surface area contributed by atoms with Crippen molar-refractivity contribution in [1.82, 2.24) is 0 Å². The zero-order valence-corrected chi connectivity index (χ0v) is 13.6. The number of piperidine rings is 1. The van der Waals surface area contributed by atoms with E-state index in [0.29, 0.717) is 12.3 Å². The summed E-state index contributed by atoms with van der Waals surface area (Å²) in [5.41, 5.74) is 1.06. The summed E-state index contributed by atoms with van der Waals surface area (Å²) in [6.45, 7) is 3.14. The van der Waals surface area contributed by atoms with Gasteiger partial charge in [-0.2, -0.15) is 0 Å². The number of Topliss-reactive ketones (excluding diaryl/α,β-unsaturated/α-hetero) is 1. The Hall–Kier alpha value is -1.36. The molecule has 1 saturated heterocycles. The molecule has 1 aliphatic carbocycles. The van der Waals surface area contributed by atoms with Crippen molar-refractivity contribution in [3.05, 3.63) is 28.7 Å². The molecule has 21 heavy (non-hydrogen) atoms. The number of hydrogen-bond acceptors (Lipinski definition) is 4. The third-order valence-corrected chi connectivity index (χ3v) is 5.46. The van der Waals surface area contributed by atoms with E-state index in [2.05, 4.69) is 38.1 Å². The van der Waals surface area contributed by atoms with E-state index in [-0.39, 0.29) is 11.7 Å². The first-order valence-electron chi connectivity index (χ1n) is 7.31. The molecule has 1 heterocycles. The number of ketones is 1. The minimum absolute atomic E-state index is 0.0489. The molecule has 1 saturated carbocycles. The van der Waals surface area contributed by atoms with E-state index in [9.17, 15) is 10.0 Å². The van der Waals surface area contributed by atoms with Crippen molar-refractivity contribution in [2.75, 3.05) is 18.0 Å². The molecule has 0 aromatic heterocycles. The molecule has 112 valence electrons. The summed E-state index contributed by atoms with van der Waals surface area (Å²) in [6.07, 6.45) is 2.75. The van der Waals surface area contributed by atoms with Crippen LogP contribution in [0, 0.1) is 11.3 Å². The van der Waals surface area contributed by atoms with Crippen molar-refractivity contribution in [3.8, 4) is 0 Å². The molecule has 2 fully saturated rings. The zero-order chi connectivity index (χ0) is 15.0. The Morgan fingerprint density at radius 1 is 1.43 bits per heavy atom. The average molecular weight is 351 g/mol. The Morgan fingerprint density at radius 2 is 2.14 bits per heavy atom. The Balaban J connectivity index is 1.96. The third kappa shape index (κ3) is 2.37. The van der Waals surface area contributed by atoms with E-state index in [0.717, 1.165) is 36.0 Å². The highest BCUT2D eigenvalue weighted by atomic mass is 79.9. The summed E-state index contributed by atoms with van der Waals surface area (Å²) in [4.78, 5) is 15.0. The largest absolute Gasteiger partial charge is 0.411 e. The minimum atomic E-state index is -0.608. The molecule has 4 nitrogen and oxygen atoms in total. The summed E-state index contributed by atoms with van der Waals surface area (Å²) < 4.78 is 1.04. The van der Waals surface area contributed by atoms with Crippen LogP contribution in [0.2, 0.25) is 0 Å². The van der Waals surface area contributed by atoms with Gasteiger partial charge in [0.05, 0.1) is 11.1 Å². The van der Waals surface area contributed by atoms with E-state index in [1.165, 1.54) is 0 Å². The molecule has 0 spiro atoms. The van der Waals surface area contributed by atoms with Gasteiger partial charge >= 0.3 is 0 Å². The Labute approximate surface area is 133 Å². The summed E-state index contributed by atoms with van der Waals surface area (Å²) in [7, 11) is 0. The fraction of sp³-hybridized carbons (Fsp3) is 0.500. The SMILES string of the molecule is C/C(=N\O)[C@@]12CCC[C@@H](CN(c3ccc(Br)cc3)C1)C2=O. The number of rotatable bonds is 2. The molecule has 2 bridgehead atoms. The third-order valence-electron chi connectivity index (χ3n) is 4.93. The molecular weight excluding hydrogens is 332 g/mol. The van der Waals surface area contributed by atoms with Crippen molar-refractivity contribution in [2.45, 2.75) is 26.2 Å². The number of anilines is 1. The van der Waals surface area contributed by atoms with E-state index in [1.807, 2.05) is 12.1 Å². The standard InChI is InChI=1S/C16H19BrN2O2/c1-11(18-21)16-8-2-3-12(15(16)20)9-19(10-16)14-6-4-13(17)5-7-14/h4-7,12,21H,2-3,8-10H2,1H3/b18-11+/t12-,16+/m0/s1. The van der Waals surface area contributed by atoms with E-state index in [1.54, 1.807) is 6.92 Å². The van der Waals surface area contributed by atoms with Crippen LogP contribution in [0.15, 0.2) is 33.9 Å². The fourth-order valence-corrected chi connectivity index (χ4v) is 3.97. The van der Waals surface area contributed by atoms with Crippen LogP contribution in [0.25, 0.3) is 0 Å². The smallest absolute Gasteiger partial charge is 0.151 e. The van der Waals surface area contributed by atoms with Gasteiger partial charge in [0.1, 0.15) is 0 Å². The highest BCUT2D eigenvalue weighted by Gasteiger charge is 2.52. The van der Waals surface area contributed by atoms with Crippen LogP contribution < -0.4 is 4.90 Å². The number of carbonyl (C=O) groups excluding carboxylic acids is 1. The van der Waals surface area contributed by atoms with Gasteiger partial charge in [-0.05, 0) is 44.0 Å². The maximum atomic E-state index is 12.7. The number of halogens is 1. The molecule has 1 aromatic carbocycles. The van der Waals surface area contributed by atoms with Gasteiger partial charge in [0.25, 0.3) is 0 Å². The lowest BCUT2D eigenvalue weighted by Crippen LogP contribution is -2.59. The van der Waals surface area contributed by atoms with Crippen molar-refractivity contribution in [1.29, 1.82) is 0 Å². The first-order valence-corrected chi connectivity index (χ1v) is 8.10. The second-order valence-corrected chi connectivity index (χ2v) is 6.99. The minimum Gasteiger partial charge on any atom is -0.411 e.